The molecular weight excluding hydrogens is 484 g/mol. The van der Waals surface area contributed by atoms with Gasteiger partial charge in [0.1, 0.15) is 0 Å². The van der Waals surface area contributed by atoms with Crippen LogP contribution < -0.4 is 21.3 Å². The molecule has 0 unspecified atom stereocenters. The smallest absolute Gasteiger partial charge is 0.196 e. The molecule has 0 amide bonds. The largest absolute Gasteiger partial charge is 0.383 e. The fourth-order valence-corrected chi connectivity index (χ4v) is 6.63. The fourth-order valence-electron chi connectivity index (χ4n) is 5.70. The predicted octanol–water partition coefficient (Wildman–Crippen LogP) is 2.31. The van der Waals surface area contributed by atoms with Crippen molar-refractivity contribution in [3.05, 3.63) is 58.0 Å². The van der Waals surface area contributed by atoms with E-state index in [1.165, 1.54) is 0 Å². The quantitative estimate of drug-likeness (QED) is 0.265. The summed E-state index contributed by atoms with van der Waals surface area (Å²) in [7, 11) is 0. The molecule has 6 rings (SSSR count). The van der Waals surface area contributed by atoms with E-state index in [0.717, 1.165) is 100.0 Å². The van der Waals surface area contributed by atoms with Crippen molar-refractivity contribution >= 4 is 44.4 Å². The lowest BCUT2D eigenvalue weighted by atomic mass is 9.81. The first-order chi connectivity index (χ1) is 18.2. The Morgan fingerprint density at radius 1 is 0.730 bits per heavy atom. The summed E-state index contributed by atoms with van der Waals surface area (Å²) in [6, 6.07) is 9.30. The van der Waals surface area contributed by atoms with Crippen LogP contribution in [0.4, 0.5) is 11.4 Å². The highest BCUT2D eigenvalue weighted by Gasteiger charge is 2.36. The van der Waals surface area contributed by atoms with Gasteiger partial charge in [0.25, 0.3) is 0 Å². The molecule has 2 saturated heterocycles. The van der Waals surface area contributed by atoms with E-state index in [0.29, 0.717) is 22.3 Å². The van der Waals surface area contributed by atoms with E-state index in [-0.39, 0.29) is 11.6 Å². The summed E-state index contributed by atoms with van der Waals surface area (Å²) < 4.78 is 1.03. The number of ketones is 2. The monoisotopic (exact) mass is 518 g/mol. The second-order valence-electron chi connectivity index (χ2n) is 9.90. The third-order valence-corrected chi connectivity index (χ3v) is 8.59. The van der Waals surface area contributed by atoms with E-state index in [9.17, 15) is 9.59 Å². The molecule has 194 valence electrons. The van der Waals surface area contributed by atoms with Gasteiger partial charge < -0.3 is 21.3 Å². The number of thiophene rings is 1. The first-order valence-electron chi connectivity index (χ1n) is 13.3. The zero-order valence-electron chi connectivity index (χ0n) is 21.1. The van der Waals surface area contributed by atoms with Crippen LogP contribution in [0.15, 0.2) is 35.7 Å². The minimum atomic E-state index is -0.0758. The van der Waals surface area contributed by atoms with Crippen LogP contribution in [-0.4, -0.2) is 99.9 Å². The number of nitrogens with zero attached hydrogens (tertiary/aromatic N) is 2. The molecule has 37 heavy (non-hydrogen) atoms. The number of benzene rings is 2. The third-order valence-electron chi connectivity index (χ3n) is 7.66. The van der Waals surface area contributed by atoms with Crippen molar-refractivity contribution in [2.24, 2.45) is 0 Å². The van der Waals surface area contributed by atoms with Crippen molar-refractivity contribution in [1.29, 1.82) is 0 Å². The van der Waals surface area contributed by atoms with Gasteiger partial charge in [-0.2, -0.15) is 0 Å². The lowest BCUT2D eigenvalue weighted by Gasteiger charge is -2.29. The van der Waals surface area contributed by atoms with Crippen LogP contribution in [0, 0.1) is 0 Å². The van der Waals surface area contributed by atoms with Gasteiger partial charge in [0.2, 0.25) is 0 Å². The van der Waals surface area contributed by atoms with Crippen LogP contribution in [-0.2, 0) is 0 Å². The van der Waals surface area contributed by atoms with Gasteiger partial charge in [-0.05, 0) is 11.4 Å². The van der Waals surface area contributed by atoms with Crippen LogP contribution in [0.25, 0.3) is 10.1 Å². The first kappa shape index (κ1) is 24.5. The number of carbonyl (C=O) groups is 2. The second kappa shape index (κ2) is 10.9. The molecule has 2 aromatic carbocycles. The predicted molar refractivity (Wildman–Crippen MR) is 151 cm³/mol. The molecule has 0 bridgehead atoms. The van der Waals surface area contributed by atoms with Crippen LogP contribution in [0.5, 0.6) is 0 Å². The van der Waals surface area contributed by atoms with Gasteiger partial charge in [-0.3, -0.25) is 19.4 Å². The minimum absolute atomic E-state index is 0.0738. The molecule has 1 aromatic heterocycles. The van der Waals surface area contributed by atoms with E-state index < -0.39 is 0 Å². The van der Waals surface area contributed by atoms with Gasteiger partial charge in [-0.25, -0.2) is 0 Å². The van der Waals surface area contributed by atoms with Crippen molar-refractivity contribution < 1.29 is 9.59 Å². The van der Waals surface area contributed by atoms with Crippen LogP contribution in [0.3, 0.4) is 0 Å². The van der Waals surface area contributed by atoms with Crippen molar-refractivity contribution in [3.8, 4) is 0 Å². The Bertz CT molecular complexity index is 1210. The molecular formula is C28H34N6O2S. The summed E-state index contributed by atoms with van der Waals surface area (Å²) in [4.78, 5) is 32.7. The lowest BCUT2D eigenvalue weighted by molar-refractivity contribution is 0.0980. The summed E-state index contributed by atoms with van der Waals surface area (Å²) >= 11 is 1.62. The molecule has 0 atom stereocenters. The average Bonchev–Trinajstić information content (AvgIpc) is 3.43. The molecule has 8 nitrogen and oxygen atoms in total. The molecule has 4 N–H and O–H groups in total. The standard InChI is InChI=1S/C28H34N6O2S/c35-26-19-3-1-2-4-20(19)27(36)23-22(26)24(31-10-16-33-12-6-29-7-13-33)21-5-18-37-28(21)25(23)32-11-17-34-14-8-30-9-15-34/h1-5,18,29-32H,6-17H2. The topological polar surface area (TPSA) is 88.7 Å². The van der Waals surface area contributed by atoms with E-state index in [2.05, 4.69) is 42.5 Å². The molecule has 3 aromatic rings. The molecule has 9 heteroatoms. The highest BCUT2D eigenvalue weighted by atomic mass is 32.1. The maximum Gasteiger partial charge on any atom is 0.196 e. The molecule has 0 saturated carbocycles. The van der Waals surface area contributed by atoms with Gasteiger partial charge >= 0.3 is 0 Å². The fraction of sp³-hybridized carbons (Fsp3) is 0.429. The second-order valence-corrected chi connectivity index (χ2v) is 10.8. The van der Waals surface area contributed by atoms with E-state index in [1.54, 1.807) is 23.5 Å². The third kappa shape index (κ3) is 4.78. The highest BCUT2D eigenvalue weighted by molar-refractivity contribution is 7.18. The number of hydrogen-bond donors (Lipinski definition) is 4. The summed E-state index contributed by atoms with van der Waals surface area (Å²) in [6.07, 6.45) is 0. The van der Waals surface area contributed by atoms with Gasteiger partial charge in [-0.1, -0.05) is 24.3 Å². The number of nitrogens with one attached hydrogen (secondary N) is 4. The number of rotatable bonds is 8. The van der Waals surface area contributed by atoms with Crippen molar-refractivity contribution in [2.75, 3.05) is 89.2 Å². The van der Waals surface area contributed by atoms with Crippen LogP contribution >= 0.6 is 11.3 Å². The van der Waals surface area contributed by atoms with E-state index in [1.807, 2.05) is 12.1 Å². The SMILES string of the molecule is O=C1c2ccccc2C(=O)c2c1c(NCCN1CCNCC1)c1ccsc1c2NCCN1CCNCC1. The molecule has 3 aliphatic rings. The number of carbonyl (C=O) groups excluding carboxylic acids is 2. The summed E-state index contributed by atoms with van der Waals surface area (Å²) in [5.41, 5.74) is 3.61. The number of fused-ring (bicyclic) bond motifs is 3. The van der Waals surface area contributed by atoms with Gasteiger partial charge in [0.15, 0.2) is 11.6 Å². The van der Waals surface area contributed by atoms with Crippen molar-refractivity contribution in [1.82, 2.24) is 20.4 Å². The number of piperazine rings is 2. The summed E-state index contributed by atoms with van der Waals surface area (Å²) in [5.74, 6) is -0.150. The molecule has 3 heterocycles. The number of hydrogen-bond acceptors (Lipinski definition) is 9. The van der Waals surface area contributed by atoms with E-state index in [4.69, 9.17) is 0 Å². The Balaban J connectivity index is 1.36. The Hall–Kier alpha value is -2.82. The Kier molecular flexibility index (Phi) is 7.21. The number of anilines is 2. The molecule has 2 fully saturated rings. The Morgan fingerprint density at radius 2 is 1.24 bits per heavy atom. The van der Waals surface area contributed by atoms with Gasteiger partial charge in [-0.15, -0.1) is 11.3 Å². The lowest BCUT2D eigenvalue weighted by Crippen LogP contribution is -2.45. The first-order valence-corrected chi connectivity index (χ1v) is 14.2. The maximum absolute atomic E-state index is 13.9. The Morgan fingerprint density at radius 3 is 1.81 bits per heavy atom. The van der Waals surface area contributed by atoms with Gasteiger partial charge in [0.05, 0.1) is 27.2 Å². The molecule has 0 radical (unpaired) electrons. The molecule has 1 aliphatic carbocycles. The zero-order chi connectivity index (χ0) is 25.2. The minimum Gasteiger partial charge on any atom is -0.383 e. The van der Waals surface area contributed by atoms with Crippen molar-refractivity contribution in [2.45, 2.75) is 0 Å². The Labute approximate surface area is 221 Å². The normalized spacial score (nSPS) is 18.6. The maximum atomic E-state index is 13.9. The van der Waals surface area contributed by atoms with Crippen LogP contribution in [0.2, 0.25) is 0 Å². The summed E-state index contributed by atoms with van der Waals surface area (Å²) in [5, 5.41) is 17.0. The van der Waals surface area contributed by atoms with Gasteiger partial charge in [0, 0.05) is 95.1 Å². The summed E-state index contributed by atoms with van der Waals surface area (Å²) in [6.45, 7) is 11.3. The molecule has 0 spiro atoms. The van der Waals surface area contributed by atoms with Crippen LogP contribution in [0.1, 0.15) is 31.8 Å². The van der Waals surface area contributed by atoms with E-state index >= 15 is 0 Å². The highest BCUT2D eigenvalue weighted by Crippen LogP contribution is 2.45. The average molecular weight is 519 g/mol. The molecule has 2 aliphatic heterocycles. The zero-order valence-corrected chi connectivity index (χ0v) is 21.9. The van der Waals surface area contributed by atoms with Crippen molar-refractivity contribution in [3.63, 3.8) is 0 Å².